The van der Waals surface area contributed by atoms with Crippen molar-refractivity contribution in [1.82, 2.24) is 20.2 Å². The van der Waals surface area contributed by atoms with Gasteiger partial charge in [0.2, 0.25) is 17.9 Å². The quantitative estimate of drug-likeness (QED) is 0.313. The van der Waals surface area contributed by atoms with E-state index < -0.39 is 24.3 Å². The Hall–Kier alpha value is -4.59. The number of ether oxygens (including phenoxy) is 2. The number of benzene rings is 2. The highest BCUT2D eigenvalue weighted by Gasteiger charge is 2.45. The van der Waals surface area contributed by atoms with Crippen LogP contribution in [0.4, 0.5) is 24.9 Å². The topological polar surface area (TPSA) is 143 Å². The number of hydrogen-bond donors (Lipinski definition) is 3. The van der Waals surface area contributed by atoms with E-state index in [0.29, 0.717) is 80.2 Å². The molecule has 3 saturated heterocycles. The van der Waals surface area contributed by atoms with Crippen LogP contribution in [0.2, 0.25) is 0 Å². The van der Waals surface area contributed by atoms with Crippen molar-refractivity contribution in [3.05, 3.63) is 59.7 Å². The first kappa shape index (κ1) is 32.4. The third-order valence-corrected chi connectivity index (χ3v) is 9.42. The van der Waals surface area contributed by atoms with E-state index in [4.69, 9.17) is 15.2 Å². The second kappa shape index (κ2) is 12.9. The minimum absolute atomic E-state index is 0.107. The summed E-state index contributed by atoms with van der Waals surface area (Å²) in [5, 5.41) is 12.4. The molecule has 47 heavy (non-hydrogen) atoms. The molecule has 1 spiro atoms. The maximum Gasteiger partial charge on any atom is 0.429 e. The molecule has 0 saturated carbocycles. The van der Waals surface area contributed by atoms with Crippen molar-refractivity contribution in [1.29, 1.82) is 0 Å². The lowest BCUT2D eigenvalue weighted by Gasteiger charge is -2.39. The van der Waals surface area contributed by atoms with Gasteiger partial charge >= 0.3 is 12.1 Å². The van der Waals surface area contributed by atoms with E-state index in [1.165, 1.54) is 25.3 Å². The summed E-state index contributed by atoms with van der Waals surface area (Å²) in [6.45, 7) is 3.06. The van der Waals surface area contributed by atoms with E-state index in [1.54, 1.807) is 35.2 Å². The number of piperidine rings is 1. The molecule has 0 aliphatic carbocycles. The smallest absolute Gasteiger partial charge is 0.429 e. The molecule has 3 aliphatic heterocycles. The SMILES string of the molecule is COc1cc(-c2ccc([C@@H](Oc3cc(N4CCC5(CC4)CNC(C(=O)O)C5)nc(N)n3)C(F)(F)F)cc2)ccc1C(=O)N1CCCC1. The van der Waals surface area contributed by atoms with Gasteiger partial charge in [-0.1, -0.05) is 30.3 Å². The highest BCUT2D eigenvalue weighted by Crippen LogP contribution is 2.42. The minimum Gasteiger partial charge on any atom is -0.496 e. The summed E-state index contributed by atoms with van der Waals surface area (Å²) in [6.07, 6.45) is -3.24. The lowest BCUT2D eigenvalue weighted by Crippen LogP contribution is -2.41. The molecule has 3 fully saturated rings. The van der Waals surface area contributed by atoms with Crippen molar-refractivity contribution in [2.75, 3.05) is 50.5 Å². The van der Waals surface area contributed by atoms with Crippen LogP contribution in [0, 0.1) is 5.41 Å². The number of hydrogen-bond acceptors (Lipinski definition) is 9. The lowest BCUT2D eigenvalue weighted by atomic mass is 9.76. The summed E-state index contributed by atoms with van der Waals surface area (Å²) >= 11 is 0. The molecule has 4 N–H and O–H groups in total. The molecule has 3 aromatic rings. The average molecular weight is 655 g/mol. The van der Waals surface area contributed by atoms with Gasteiger partial charge in [0.1, 0.15) is 17.6 Å². The standard InChI is InChI=1S/C33H37F3N6O5/c1-46-25-16-22(8-9-23(25)29(43)42-12-2-3-13-42)20-4-6-21(7-5-20)28(33(34,35)36)47-27-17-26(39-31(37)40-27)41-14-10-32(11-15-41)18-24(30(44)45)38-19-32/h4-9,16-17,24,28,38H,2-3,10-15,18-19H2,1H3,(H,44,45)(H2,37,39,40)/t24?,28-/m1/s1. The van der Waals surface area contributed by atoms with Crippen LogP contribution in [-0.2, 0) is 4.79 Å². The van der Waals surface area contributed by atoms with Crippen molar-refractivity contribution < 1.29 is 37.3 Å². The molecular weight excluding hydrogens is 617 g/mol. The molecule has 0 radical (unpaired) electrons. The highest BCUT2D eigenvalue weighted by molar-refractivity contribution is 5.97. The van der Waals surface area contributed by atoms with Crippen molar-refractivity contribution in [3.8, 4) is 22.8 Å². The van der Waals surface area contributed by atoms with Crippen molar-refractivity contribution >= 4 is 23.6 Å². The number of alkyl halides is 3. The minimum atomic E-state index is -4.77. The van der Waals surface area contributed by atoms with Gasteiger partial charge in [-0.05, 0) is 60.8 Å². The maximum atomic E-state index is 14.4. The Morgan fingerprint density at radius 1 is 1.02 bits per heavy atom. The van der Waals surface area contributed by atoms with Crippen LogP contribution >= 0.6 is 0 Å². The summed E-state index contributed by atoms with van der Waals surface area (Å²) in [5.41, 5.74) is 7.39. The molecule has 14 heteroatoms. The highest BCUT2D eigenvalue weighted by atomic mass is 19.4. The Kier molecular flexibility index (Phi) is 8.88. The molecule has 2 aromatic carbocycles. The summed E-state index contributed by atoms with van der Waals surface area (Å²) < 4.78 is 54.1. The van der Waals surface area contributed by atoms with Crippen LogP contribution in [-0.4, -0.2) is 83.9 Å². The molecular formula is C33H37F3N6O5. The molecule has 4 heterocycles. The van der Waals surface area contributed by atoms with Crippen molar-refractivity contribution in [3.63, 3.8) is 0 Å². The zero-order chi connectivity index (χ0) is 33.3. The number of rotatable bonds is 8. The van der Waals surface area contributed by atoms with Crippen LogP contribution in [0.25, 0.3) is 11.1 Å². The summed E-state index contributed by atoms with van der Waals surface area (Å²) in [5.74, 6) is -0.767. The predicted molar refractivity (Wildman–Crippen MR) is 167 cm³/mol. The number of carboxylic acid groups (broad SMARTS) is 1. The first-order chi connectivity index (χ1) is 22.4. The molecule has 0 bridgehead atoms. The maximum absolute atomic E-state index is 14.4. The number of methoxy groups -OCH3 is 1. The molecule has 6 rings (SSSR count). The van der Waals surface area contributed by atoms with E-state index in [2.05, 4.69) is 15.3 Å². The second-order valence-electron chi connectivity index (χ2n) is 12.5. The summed E-state index contributed by atoms with van der Waals surface area (Å²) in [6, 6.07) is 11.7. The zero-order valence-electron chi connectivity index (χ0n) is 25.9. The molecule has 1 aromatic heterocycles. The van der Waals surface area contributed by atoms with Gasteiger partial charge in [0.25, 0.3) is 5.91 Å². The molecule has 1 amide bonds. The van der Waals surface area contributed by atoms with Gasteiger partial charge in [0, 0.05) is 44.4 Å². The molecule has 3 aliphatic rings. The molecule has 1 unspecified atom stereocenters. The van der Waals surface area contributed by atoms with Crippen LogP contribution in [0.15, 0.2) is 48.5 Å². The van der Waals surface area contributed by atoms with Crippen LogP contribution in [0.1, 0.15) is 54.1 Å². The number of nitrogens with two attached hydrogens (primary N) is 1. The second-order valence-corrected chi connectivity index (χ2v) is 12.5. The van der Waals surface area contributed by atoms with E-state index in [9.17, 15) is 27.9 Å². The number of carbonyl (C=O) groups excluding carboxylic acids is 1. The number of halogens is 3. The number of anilines is 2. The number of nitrogen functional groups attached to an aromatic ring is 1. The first-order valence-corrected chi connectivity index (χ1v) is 15.6. The lowest BCUT2D eigenvalue weighted by molar-refractivity contribution is -0.198. The fourth-order valence-corrected chi connectivity index (χ4v) is 6.77. The number of carboxylic acids is 1. The van der Waals surface area contributed by atoms with Crippen LogP contribution < -0.4 is 25.4 Å². The van der Waals surface area contributed by atoms with E-state index in [1.807, 2.05) is 4.90 Å². The molecule has 11 nitrogen and oxygen atoms in total. The summed E-state index contributed by atoms with van der Waals surface area (Å²) in [4.78, 5) is 36.2. The predicted octanol–water partition coefficient (Wildman–Crippen LogP) is 4.69. The van der Waals surface area contributed by atoms with E-state index >= 15 is 0 Å². The number of likely N-dealkylation sites (tertiary alicyclic amines) is 1. The Balaban J connectivity index is 1.17. The van der Waals surface area contributed by atoms with Crippen molar-refractivity contribution in [2.24, 2.45) is 5.41 Å². The number of aliphatic carboxylic acids is 1. The Morgan fingerprint density at radius 2 is 1.70 bits per heavy atom. The zero-order valence-corrected chi connectivity index (χ0v) is 25.9. The molecule has 2 atom stereocenters. The largest absolute Gasteiger partial charge is 0.496 e. The fraction of sp³-hybridized carbons (Fsp3) is 0.455. The third kappa shape index (κ3) is 6.92. The molecule has 250 valence electrons. The van der Waals surface area contributed by atoms with Gasteiger partial charge in [-0.3, -0.25) is 9.59 Å². The van der Waals surface area contributed by atoms with Gasteiger partial charge < -0.3 is 35.4 Å². The van der Waals surface area contributed by atoms with Crippen molar-refractivity contribution in [2.45, 2.75) is 50.4 Å². The first-order valence-electron chi connectivity index (χ1n) is 15.6. The van der Waals surface area contributed by atoms with Crippen LogP contribution in [0.5, 0.6) is 11.6 Å². The Labute approximate surface area is 269 Å². The van der Waals surface area contributed by atoms with E-state index in [-0.39, 0.29) is 28.7 Å². The monoisotopic (exact) mass is 654 g/mol. The van der Waals surface area contributed by atoms with Gasteiger partial charge in [0.05, 0.1) is 12.7 Å². The van der Waals surface area contributed by atoms with E-state index in [0.717, 1.165) is 12.8 Å². The van der Waals surface area contributed by atoms with Gasteiger partial charge in [-0.2, -0.15) is 23.1 Å². The van der Waals surface area contributed by atoms with Gasteiger partial charge in [0.15, 0.2) is 0 Å². The van der Waals surface area contributed by atoms with Gasteiger partial charge in [-0.15, -0.1) is 0 Å². The number of carbonyl (C=O) groups is 2. The van der Waals surface area contributed by atoms with Gasteiger partial charge in [-0.25, -0.2) is 0 Å². The van der Waals surface area contributed by atoms with Crippen LogP contribution in [0.3, 0.4) is 0 Å². The Bertz CT molecular complexity index is 1620. The Morgan fingerprint density at radius 3 is 2.32 bits per heavy atom. The third-order valence-electron chi connectivity index (χ3n) is 9.42. The fourth-order valence-electron chi connectivity index (χ4n) is 6.77. The number of nitrogens with zero attached hydrogens (tertiary/aromatic N) is 4. The number of aromatic nitrogens is 2. The number of nitrogens with one attached hydrogen (secondary N) is 1. The average Bonchev–Trinajstić information content (AvgIpc) is 3.74. The normalized spacial score (nSPS) is 20.0. The number of amides is 1. The summed E-state index contributed by atoms with van der Waals surface area (Å²) in [7, 11) is 1.48.